The van der Waals surface area contributed by atoms with Gasteiger partial charge in [-0.05, 0) is 36.2 Å². The van der Waals surface area contributed by atoms with Gasteiger partial charge in [0.25, 0.3) is 5.91 Å². The molecule has 1 aliphatic heterocycles. The first-order valence-corrected chi connectivity index (χ1v) is 6.36. The molecule has 0 aliphatic carbocycles. The molecule has 1 aliphatic rings. The lowest BCUT2D eigenvalue weighted by Gasteiger charge is -2.19. The number of benzene rings is 2. The lowest BCUT2D eigenvalue weighted by atomic mass is 10.1. The summed E-state index contributed by atoms with van der Waals surface area (Å²) in [6.45, 7) is 0.552. The molecule has 0 aromatic heterocycles. The van der Waals surface area contributed by atoms with Crippen LogP contribution < -0.4 is 16.2 Å². The summed E-state index contributed by atoms with van der Waals surface area (Å²) in [6.07, 6.45) is 0.736. The Labute approximate surface area is 116 Å². The Morgan fingerprint density at radius 1 is 1.25 bits per heavy atom. The molecule has 102 valence electrons. The minimum Gasteiger partial charge on any atom is -0.323 e. The van der Waals surface area contributed by atoms with Crippen molar-refractivity contribution in [2.75, 3.05) is 16.9 Å². The third-order valence-corrected chi connectivity index (χ3v) is 3.50. The number of carbonyl (C=O) groups excluding carboxylic acids is 1. The molecule has 3 rings (SSSR count). The highest BCUT2D eigenvalue weighted by molar-refractivity contribution is 6.10. The molecule has 2 aromatic carbocycles. The third-order valence-electron chi connectivity index (χ3n) is 3.50. The van der Waals surface area contributed by atoms with Crippen LogP contribution in [0.25, 0.3) is 0 Å². The van der Waals surface area contributed by atoms with Crippen molar-refractivity contribution in [3.05, 3.63) is 59.4 Å². The molecule has 3 N–H and O–H groups in total. The van der Waals surface area contributed by atoms with Gasteiger partial charge in [-0.25, -0.2) is 4.39 Å². The van der Waals surface area contributed by atoms with Gasteiger partial charge in [-0.2, -0.15) is 0 Å². The number of hydrogen-bond donors (Lipinski definition) is 2. The molecule has 0 atom stereocenters. The smallest absolute Gasteiger partial charge is 0.260 e. The predicted octanol–water partition coefficient (Wildman–Crippen LogP) is 2.31. The molecular weight excluding hydrogens is 257 g/mol. The molecule has 0 fully saturated rings. The summed E-state index contributed by atoms with van der Waals surface area (Å²) in [6, 6.07) is 11.6. The van der Waals surface area contributed by atoms with E-state index in [0.29, 0.717) is 23.5 Å². The van der Waals surface area contributed by atoms with Gasteiger partial charge in [-0.3, -0.25) is 10.6 Å². The maximum absolute atomic E-state index is 13.4. The Balaban J connectivity index is 2.00. The van der Waals surface area contributed by atoms with Gasteiger partial charge in [-0.1, -0.05) is 18.2 Å². The molecule has 0 unspecified atom stereocenters. The van der Waals surface area contributed by atoms with Crippen molar-refractivity contribution in [1.29, 1.82) is 0 Å². The Morgan fingerprint density at radius 2 is 2.05 bits per heavy atom. The summed E-state index contributed by atoms with van der Waals surface area (Å²) >= 11 is 0. The fourth-order valence-electron chi connectivity index (χ4n) is 2.50. The van der Waals surface area contributed by atoms with E-state index in [0.717, 1.165) is 12.0 Å². The van der Waals surface area contributed by atoms with Gasteiger partial charge in [0.05, 0.1) is 16.9 Å². The van der Waals surface area contributed by atoms with Crippen LogP contribution in [0.1, 0.15) is 15.9 Å². The van der Waals surface area contributed by atoms with Crippen molar-refractivity contribution in [2.24, 2.45) is 5.84 Å². The van der Waals surface area contributed by atoms with E-state index < -0.39 is 0 Å². The average Bonchev–Trinajstić information content (AvgIpc) is 2.89. The number of nitrogen functional groups attached to an aromatic ring is 1. The normalized spacial score (nSPS) is 13.2. The van der Waals surface area contributed by atoms with Gasteiger partial charge >= 0.3 is 0 Å². The second-order valence-electron chi connectivity index (χ2n) is 4.67. The number of nitrogens with two attached hydrogens (primary N) is 1. The summed E-state index contributed by atoms with van der Waals surface area (Å²) in [4.78, 5) is 14.2. The number of carbonyl (C=O) groups is 1. The van der Waals surface area contributed by atoms with E-state index in [1.807, 2.05) is 0 Å². The first-order valence-electron chi connectivity index (χ1n) is 6.36. The highest BCUT2D eigenvalue weighted by Gasteiger charge is 2.27. The van der Waals surface area contributed by atoms with E-state index in [-0.39, 0.29) is 11.7 Å². The molecule has 2 aromatic rings. The van der Waals surface area contributed by atoms with E-state index in [4.69, 9.17) is 5.84 Å². The summed E-state index contributed by atoms with van der Waals surface area (Å²) in [5, 5.41) is 0. The van der Waals surface area contributed by atoms with E-state index in [2.05, 4.69) is 5.43 Å². The topological polar surface area (TPSA) is 58.4 Å². The molecule has 5 heteroatoms. The van der Waals surface area contributed by atoms with Gasteiger partial charge in [0.1, 0.15) is 5.82 Å². The van der Waals surface area contributed by atoms with Crippen LogP contribution >= 0.6 is 0 Å². The fourth-order valence-corrected chi connectivity index (χ4v) is 2.50. The zero-order chi connectivity index (χ0) is 14.1. The molecule has 0 saturated heterocycles. The number of anilines is 2. The first kappa shape index (κ1) is 12.6. The third kappa shape index (κ3) is 2.02. The summed E-state index contributed by atoms with van der Waals surface area (Å²) in [5.74, 6) is 4.91. The minimum atomic E-state index is -0.339. The number of nitrogens with zero attached hydrogens (tertiary/aromatic N) is 1. The van der Waals surface area contributed by atoms with Crippen LogP contribution in [0, 0.1) is 5.82 Å². The summed E-state index contributed by atoms with van der Waals surface area (Å²) in [5.41, 5.74) is 5.18. The SMILES string of the molecule is NNc1ccccc1C(=O)N1CCc2ccc(F)cc21. The Morgan fingerprint density at radius 3 is 2.85 bits per heavy atom. The van der Waals surface area contributed by atoms with Crippen LogP contribution in [0.4, 0.5) is 15.8 Å². The number of hydrazine groups is 1. The molecule has 0 saturated carbocycles. The maximum Gasteiger partial charge on any atom is 0.260 e. The van der Waals surface area contributed by atoms with Crippen molar-refractivity contribution >= 4 is 17.3 Å². The van der Waals surface area contributed by atoms with Crippen molar-refractivity contribution in [3.63, 3.8) is 0 Å². The van der Waals surface area contributed by atoms with Crippen molar-refractivity contribution in [2.45, 2.75) is 6.42 Å². The number of rotatable bonds is 2. The Hall–Kier alpha value is -2.40. The second-order valence-corrected chi connectivity index (χ2v) is 4.67. The van der Waals surface area contributed by atoms with E-state index in [9.17, 15) is 9.18 Å². The van der Waals surface area contributed by atoms with Gasteiger partial charge in [-0.15, -0.1) is 0 Å². The predicted molar refractivity (Wildman–Crippen MR) is 76.0 cm³/mol. The molecule has 0 radical (unpaired) electrons. The zero-order valence-electron chi connectivity index (χ0n) is 10.8. The van der Waals surface area contributed by atoms with Crippen LogP contribution in [0.5, 0.6) is 0 Å². The monoisotopic (exact) mass is 271 g/mol. The fraction of sp³-hybridized carbons (Fsp3) is 0.133. The van der Waals surface area contributed by atoms with E-state index >= 15 is 0 Å². The Kier molecular flexibility index (Phi) is 3.12. The average molecular weight is 271 g/mol. The lowest BCUT2D eigenvalue weighted by Crippen LogP contribution is -2.30. The van der Waals surface area contributed by atoms with Gasteiger partial charge < -0.3 is 10.3 Å². The van der Waals surface area contributed by atoms with E-state index in [1.165, 1.54) is 12.1 Å². The number of halogens is 1. The quantitative estimate of drug-likeness (QED) is 0.651. The van der Waals surface area contributed by atoms with Crippen LogP contribution in [-0.2, 0) is 6.42 Å². The Bertz CT molecular complexity index is 672. The van der Waals surface area contributed by atoms with Crippen LogP contribution in [0.15, 0.2) is 42.5 Å². The first-order chi connectivity index (χ1) is 9.70. The minimum absolute atomic E-state index is 0.178. The van der Waals surface area contributed by atoms with Crippen LogP contribution in [-0.4, -0.2) is 12.5 Å². The number of nitrogens with one attached hydrogen (secondary N) is 1. The van der Waals surface area contributed by atoms with Crippen LogP contribution in [0.2, 0.25) is 0 Å². The largest absolute Gasteiger partial charge is 0.323 e. The number of para-hydroxylation sites is 1. The maximum atomic E-state index is 13.4. The second kappa shape index (κ2) is 4.94. The standard InChI is InChI=1S/C15H14FN3O/c16-11-6-5-10-7-8-19(14(10)9-11)15(20)12-3-1-2-4-13(12)18-17/h1-6,9,18H,7-8,17H2. The van der Waals surface area contributed by atoms with Gasteiger partial charge in [0.15, 0.2) is 0 Å². The number of fused-ring (bicyclic) bond motifs is 1. The summed E-state index contributed by atoms with van der Waals surface area (Å²) < 4.78 is 13.4. The molecule has 0 spiro atoms. The summed E-state index contributed by atoms with van der Waals surface area (Å²) in [7, 11) is 0. The van der Waals surface area contributed by atoms with Gasteiger partial charge in [0, 0.05) is 6.54 Å². The van der Waals surface area contributed by atoms with Gasteiger partial charge in [0.2, 0.25) is 0 Å². The molecule has 0 bridgehead atoms. The van der Waals surface area contributed by atoms with Crippen molar-refractivity contribution in [1.82, 2.24) is 0 Å². The highest BCUT2D eigenvalue weighted by atomic mass is 19.1. The van der Waals surface area contributed by atoms with E-state index in [1.54, 1.807) is 35.2 Å². The number of amides is 1. The van der Waals surface area contributed by atoms with Crippen LogP contribution in [0.3, 0.4) is 0 Å². The molecule has 4 nitrogen and oxygen atoms in total. The molecular formula is C15H14FN3O. The molecule has 1 heterocycles. The lowest BCUT2D eigenvalue weighted by molar-refractivity contribution is 0.0990. The highest BCUT2D eigenvalue weighted by Crippen LogP contribution is 2.31. The number of hydrogen-bond acceptors (Lipinski definition) is 3. The van der Waals surface area contributed by atoms with Crippen molar-refractivity contribution < 1.29 is 9.18 Å². The van der Waals surface area contributed by atoms with Crippen molar-refractivity contribution in [3.8, 4) is 0 Å². The zero-order valence-corrected chi connectivity index (χ0v) is 10.8. The molecule has 1 amide bonds. The molecule has 20 heavy (non-hydrogen) atoms.